The topological polar surface area (TPSA) is 50.7 Å². The molecule has 0 atom stereocenters. The summed E-state index contributed by atoms with van der Waals surface area (Å²) < 4.78 is 0. The molecule has 72 valence electrons. The molecule has 0 spiro atoms. The van der Waals surface area contributed by atoms with Crippen LogP contribution in [0.5, 0.6) is 0 Å². The maximum absolute atomic E-state index is 4.07. The second-order valence-electron chi connectivity index (χ2n) is 2.90. The van der Waals surface area contributed by atoms with E-state index >= 15 is 0 Å². The number of rotatable bonds is 3. The minimum Gasteiger partial charge on any atom is -0.356 e. The van der Waals surface area contributed by atoms with Gasteiger partial charge in [0, 0.05) is 18.9 Å². The Morgan fingerprint density at radius 1 is 1.50 bits per heavy atom. The summed E-state index contributed by atoms with van der Waals surface area (Å²) in [5.74, 6) is 0. The lowest BCUT2D eigenvalue weighted by molar-refractivity contribution is 1.03. The fourth-order valence-electron chi connectivity index (χ4n) is 1.10. The van der Waals surface area contributed by atoms with Gasteiger partial charge in [0.2, 0.25) is 5.13 Å². The SMILES string of the molecule is Cc1ccncc1CNc1nncs1. The number of anilines is 1. The fourth-order valence-corrected chi connectivity index (χ4v) is 1.55. The van der Waals surface area contributed by atoms with Crippen LogP contribution in [0, 0.1) is 6.92 Å². The van der Waals surface area contributed by atoms with Crippen LogP contribution in [-0.2, 0) is 6.54 Å². The maximum Gasteiger partial charge on any atom is 0.205 e. The first-order valence-electron chi connectivity index (χ1n) is 4.26. The molecule has 0 aromatic carbocycles. The van der Waals surface area contributed by atoms with E-state index in [0.29, 0.717) is 0 Å². The first-order chi connectivity index (χ1) is 6.86. The van der Waals surface area contributed by atoms with Crippen molar-refractivity contribution < 1.29 is 0 Å². The Balaban J connectivity index is 2.02. The van der Waals surface area contributed by atoms with Crippen LogP contribution in [0.15, 0.2) is 24.0 Å². The van der Waals surface area contributed by atoms with Gasteiger partial charge in [0.1, 0.15) is 5.51 Å². The minimum absolute atomic E-state index is 0.745. The lowest BCUT2D eigenvalue weighted by atomic mass is 10.2. The number of hydrogen-bond acceptors (Lipinski definition) is 5. The van der Waals surface area contributed by atoms with Crippen molar-refractivity contribution in [2.24, 2.45) is 0 Å². The van der Waals surface area contributed by atoms with Gasteiger partial charge in [-0.1, -0.05) is 11.3 Å². The van der Waals surface area contributed by atoms with Crippen molar-refractivity contribution in [3.8, 4) is 0 Å². The van der Waals surface area contributed by atoms with Crippen LogP contribution in [0.3, 0.4) is 0 Å². The summed E-state index contributed by atoms with van der Waals surface area (Å²) in [6.45, 7) is 2.81. The van der Waals surface area contributed by atoms with Crippen molar-refractivity contribution in [2.75, 3.05) is 5.32 Å². The van der Waals surface area contributed by atoms with Gasteiger partial charge in [-0.2, -0.15) is 0 Å². The summed E-state index contributed by atoms with van der Waals surface area (Å²) in [7, 11) is 0. The lowest BCUT2D eigenvalue weighted by Gasteiger charge is -2.04. The molecular formula is C9H10N4S. The van der Waals surface area contributed by atoms with E-state index in [0.717, 1.165) is 11.7 Å². The quantitative estimate of drug-likeness (QED) is 0.832. The van der Waals surface area contributed by atoms with Crippen LogP contribution in [0.25, 0.3) is 0 Å². The number of nitrogens with one attached hydrogen (secondary N) is 1. The molecule has 2 rings (SSSR count). The van der Waals surface area contributed by atoms with Crippen molar-refractivity contribution in [2.45, 2.75) is 13.5 Å². The molecule has 0 aliphatic heterocycles. The molecule has 0 unspecified atom stereocenters. The molecular weight excluding hydrogens is 196 g/mol. The predicted molar refractivity (Wildman–Crippen MR) is 56.2 cm³/mol. The van der Waals surface area contributed by atoms with Gasteiger partial charge in [0.15, 0.2) is 0 Å². The minimum atomic E-state index is 0.745. The standard InChI is InChI=1S/C9H10N4S/c1-7-2-3-10-4-8(7)5-11-9-13-12-6-14-9/h2-4,6H,5H2,1H3,(H,11,13). The molecule has 5 heteroatoms. The van der Waals surface area contributed by atoms with Gasteiger partial charge < -0.3 is 5.32 Å². The van der Waals surface area contributed by atoms with E-state index in [1.54, 1.807) is 11.7 Å². The zero-order chi connectivity index (χ0) is 9.80. The molecule has 0 amide bonds. The Morgan fingerprint density at radius 3 is 3.14 bits per heavy atom. The van der Waals surface area contributed by atoms with E-state index in [1.165, 1.54) is 22.5 Å². The third-order valence-corrected chi connectivity index (χ3v) is 2.59. The van der Waals surface area contributed by atoms with E-state index in [-0.39, 0.29) is 0 Å². The van der Waals surface area contributed by atoms with Crippen LogP contribution in [0.1, 0.15) is 11.1 Å². The monoisotopic (exact) mass is 206 g/mol. The molecule has 2 heterocycles. The molecule has 0 aliphatic rings. The molecule has 4 nitrogen and oxygen atoms in total. The van der Waals surface area contributed by atoms with Crippen LogP contribution in [-0.4, -0.2) is 15.2 Å². The van der Waals surface area contributed by atoms with Gasteiger partial charge in [-0.15, -0.1) is 10.2 Å². The number of hydrogen-bond donors (Lipinski definition) is 1. The van der Waals surface area contributed by atoms with Gasteiger partial charge in [0.25, 0.3) is 0 Å². The van der Waals surface area contributed by atoms with Crippen molar-refractivity contribution in [1.29, 1.82) is 0 Å². The van der Waals surface area contributed by atoms with Crippen LogP contribution < -0.4 is 5.32 Å². The molecule has 14 heavy (non-hydrogen) atoms. The highest BCUT2D eigenvalue weighted by molar-refractivity contribution is 7.13. The smallest absolute Gasteiger partial charge is 0.205 e. The molecule has 0 saturated heterocycles. The largest absolute Gasteiger partial charge is 0.356 e. The van der Waals surface area contributed by atoms with Gasteiger partial charge in [0.05, 0.1) is 0 Å². The third kappa shape index (κ3) is 2.05. The zero-order valence-corrected chi connectivity index (χ0v) is 8.58. The Labute approximate surface area is 86.0 Å². The van der Waals surface area contributed by atoms with E-state index in [4.69, 9.17) is 0 Å². The van der Waals surface area contributed by atoms with Crippen molar-refractivity contribution in [3.05, 3.63) is 35.1 Å². The van der Waals surface area contributed by atoms with Crippen LogP contribution >= 0.6 is 11.3 Å². The molecule has 1 N–H and O–H groups in total. The third-order valence-electron chi connectivity index (χ3n) is 1.94. The van der Waals surface area contributed by atoms with Crippen molar-refractivity contribution >= 4 is 16.5 Å². The van der Waals surface area contributed by atoms with E-state index in [2.05, 4.69) is 27.4 Å². The first kappa shape index (κ1) is 9.08. The average molecular weight is 206 g/mol. The van der Waals surface area contributed by atoms with Gasteiger partial charge in [-0.3, -0.25) is 4.98 Å². The summed E-state index contributed by atoms with van der Waals surface area (Å²) in [6, 6.07) is 2.00. The number of aromatic nitrogens is 3. The first-order valence-corrected chi connectivity index (χ1v) is 5.14. The zero-order valence-electron chi connectivity index (χ0n) is 7.77. The second kappa shape index (κ2) is 4.15. The summed E-state index contributed by atoms with van der Waals surface area (Å²) in [6.07, 6.45) is 3.66. The molecule has 0 aliphatic carbocycles. The predicted octanol–water partition coefficient (Wildman–Crippen LogP) is 1.85. The highest BCUT2D eigenvalue weighted by atomic mass is 32.1. The number of pyridine rings is 1. The number of aryl methyl sites for hydroxylation is 1. The maximum atomic E-state index is 4.07. The highest BCUT2D eigenvalue weighted by Gasteiger charge is 1.99. The Hall–Kier alpha value is -1.49. The molecule has 0 bridgehead atoms. The summed E-state index contributed by atoms with van der Waals surface area (Å²) in [5, 5.41) is 11.7. The molecule has 0 radical (unpaired) electrons. The van der Waals surface area contributed by atoms with E-state index < -0.39 is 0 Å². The molecule has 2 aromatic heterocycles. The van der Waals surface area contributed by atoms with Gasteiger partial charge in [-0.05, 0) is 24.1 Å². The molecule has 2 aromatic rings. The van der Waals surface area contributed by atoms with Crippen molar-refractivity contribution in [1.82, 2.24) is 15.2 Å². The Kier molecular flexibility index (Phi) is 2.69. The average Bonchev–Trinajstić information content (AvgIpc) is 2.69. The molecule has 0 fully saturated rings. The van der Waals surface area contributed by atoms with Crippen LogP contribution in [0.4, 0.5) is 5.13 Å². The summed E-state index contributed by atoms with van der Waals surface area (Å²) in [5.41, 5.74) is 4.12. The van der Waals surface area contributed by atoms with Gasteiger partial charge in [-0.25, -0.2) is 0 Å². The summed E-state index contributed by atoms with van der Waals surface area (Å²) in [4.78, 5) is 4.07. The van der Waals surface area contributed by atoms with Crippen LogP contribution in [0.2, 0.25) is 0 Å². The van der Waals surface area contributed by atoms with E-state index in [1.807, 2.05) is 12.3 Å². The van der Waals surface area contributed by atoms with E-state index in [9.17, 15) is 0 Å². The normalized spacial score (nSPS) is 10.1. The Morgan fingerprint density at radius 2 is 2.43 bits per heavy atom. The molecule has 0 saturated carbocycles. The van der Waals surface area contributed by atoms with Gasteiger partial charge >= 0.3 is 0 Å². The summed E-state index contributed by atoms with van der Waals surface area (Å²) >= 11 is 1.49. The highest BCUT2D eigenvalue weighted by Crippen LogP contribution is 2.11. The van der Waals surface area contributed by atoms with Crippen molar-refractivity contribution in [3.63, 3.8) is 0 Å². The second-order valence-corrected chi connectivity index (χ2v) is 3.73. The fraction of sp³-hybridized carbons (Fsp3) is 0.222. The number of nitrogens with zero attached hydrogens (tertiary/aromatic N) is 3. The lowest BCUT2D eigenvalue weighted by Crippen LogP contribution is -2.01. The Bertz CT molecular complexity index is 399.